The van der Waals surface area contributed by atoms with Gasteiger partial charge < -0.3 is 10.2 Å². The lowest BCUT2D eigenvalue weighted by atomic mass is 10.3. The van der Waals surface area contributed by atoms with E-state index in [2.05, 4.69) is 20.1 Å². The molecule has 1 N–H and O–H groups in total. The number of hydrogen-bond acceptors (Lipinski definition) is 6. The molecule has 162 valence electrons. The van der Waals surface area contributed by atoms with E-state index < -0.39 is 0 Å². The van der Waals surface area contributed by atoms with Crippen molar-refractivity contribution in [1.29, 1.82) is 0 Å². The molecule has 2 amide bonds. The second kappa shape index (κ2) is 10.1. The SMILES string of the molecule is CCN(CC(=O)NCc1cccs1)C(=O)CSc1nnc(C2CC2)n1-c1ccccc1. The van der Waals surface area contributed by atoms with E-state index in [-0.39, 0.29) is 24.1 Å². The quantitative estimate of drug-likeness (QED) is 0.474. The van der Waals surface area contributed by atoms with E-state index in [1.807, 2.05) is 54.8 Å². The molecule has 0 spiro atoms. The standard InChI is InChI=1S/C22H25N5O2S2/c1-2-26(14-19(28)23-13-18-9-6-12-30-18)20(29)15-31-22-25-24-21(16-10-11-16)27(22)17-7-4-3-5-8-17/h3-9,12,16H,2,10-11,13-15H2,1H3,(H,23,28). The van der Waals surface area contributed by atoms with Gasteiger partial charge in [0.25, 0.3) is 0 Å². The second-order valence-corrected chi connectivity index (χ2v) is 9.31. The minimum atomic E-state index is -0.155. The van der Waals surface area contributed by atoms with Gasteiger partial charge in [0.05, 0.1) is 18.8 Å². The average Bonchev–Trinajstić information content (AvgIpc) is 3.33. The summed E-state index contributed by atoms with van der Waals surface area (Å²) in [6.45, 7) is 2.90. The normalized spacial score (nSPS) is 13.2. The zero-order chi connectivity index (χ0) is 21.6. The summed E-state index contributed by atoms with van der Waals surface area (Å²) in [5, 5.41) is 14.3. The molecule has 0 saturated heterocycles. The highest BCUT2D eigenvalue weighted by Crippen LogP contribution is 2.41. The number of carbonyl (C=O) groups is 2. The van der Waals surface area contributed by atoms with Crippen molar-refractivity contribution in [2.75, 3.05) is 18.8 Å². The van der Waals surface area contributed by atoms with Crippen LogP contribution in [0.3, 0.4) is 0 Å². The van der Waals surface area contributed by atoms with Crippen molar-refractivity contribution in [3.8, 4) is 5.69 Å². The number of aromatic nitrogens is 3. The topological polar surface area (TPSA) is 80.1 Å². The number of thioether (sulfide) groups is 1. The summed E-state index contributed by atoms with van der Waals surface area (Å²) in [6, 6.07) is 13.9. The fraction of sp³-hybridized carbons (Fsp3) is 0.364. The Morgan fingerprint density at radius 2 is 2.00 bits per heavy atom. The van der Waals surface area contributed by atoms with E-state index >= 15 is 0 Å². The first-order chi connectivity index (χ1) is 15.2. The number of nitrogens with one attached hydrogen (secondary N) is 1. The summed E-state index contributed by atoms with van der Waals surface area (Å²) in [7, 11) is 0. The monoisotopic (exact) mass is 455 g/mol. The van der Waals surface area contributed by atoms with Gasteiger partial charge in [-0.2, -0.15) is 0 Å². The highest BCUT2D eigenvalue weighted by molar-refractivity contribution is 7.99. The van der Waals surface area contributed by atoms with Crippen molar-refractivity contribution in [3.63, 3.8) is 0 Å². The van der Waals surface area contributed by atoms with Crippen LogP contribution in [0.5, 0.6) is 0 Å². The van der Waals surface area contributed by atoms with Crippen LogP contribution < -0.4 is 5.32 Å². The summed E-state index contributed by atoms with van der Waals surface area (Å²) in [6.07, 6.45) is 2.25. The molecule has 2 heterocycles. The Labute approximate surface area is 189 Å². The highest BCUT2D eigenvalue weighted by atomic mass is 32.2. The Morgan fingerprint density at radius 1 is 1.19 bits per heavy atom. The zero-order valence-electron chi connectivity index (χ0n) is 17.4. The van der Waals surface area contributed by atoms with Crippen LogP contribution >= 0.6 is 23.1 Å². The molecule has 1 aliphatic carbocycles. The number of rotatable bonds is 10. The Kier molecular flexibility index (Phi) is 7.03. The van der Waals surface area contributed by atoms with Gasteiger partial charge in [-0.1, -0.05) is 36.0 Å². The first kappa shape index (κ1) is 21.6. The van der Waals surface area contributed by atoms with Gasteiger partial charge in [0, 0.05) is 23.0 Å². The highest BCUT2D eigenvalue weighted by Gasteiger charge is 2.31. The van der Waals surface area contributed by atoms with Gasteiger partial charge >= 0.3 is 0 Å². The van der Waals surface area contributed by atoms with Crippen LogP contribution in [-0.2, 0) is 16.1 Å². The Hall–Kier alpha value is -2.65. The molecule has 0 atom stereocenters. The molecule has 0 radical (unpaired) electrons. The third kappa shape index (κ3) is 5.54. The summed E-state index contributed by atoms with van der Waals surface area (Å²) in [5.74, 6) is 1.37. The van der Waals surface area contributed by atoms with Crippen LogP contribution in [0.4, 0.5) is 0 Å². The maximum Gasteiger partial charge on any atom is 0.239 e. The van der Waals surface area contributed by atoms with E-state index in [4.69, 9.17) is 0 Å². The van der Waals surface area contributed by atoms with Crippen molar-refractivity contribution in [2.45, 2.75) is 37.4 Å². The number of para-hydroxylation sites is 1. The van der Waals surface area contributed by atoms with Gasteiger partial charge in [-0.15, -0.1) is 21.5 Å². The van der Waals surface area contributed by atoms with Gasteiger partial charge in [-0.3, -0.25) is 14.2 Å². The first-order valence-electron chi connectivity index (χ1n) is 10.4. The molecule has 1 aromatic carbocycles. The molecule has 0 unspecified atom stereocenters. The van der Waals surface area contributed by atoms with Crippen molar-refractivity contribution in [1.82, 2.24) is 25.0 Å². The number of likely N-dealkylation sites (N-methyl/N-ethyl adjacent to an activating group) is 1. The molecular formula is C22H25N5O2S2. The number of hydrogen-bond donors (Lipinski definition) is 1. The lowest BCUT2D eigenvalue weighted by Gasteiger charge is -2.20. The molecule has 4 rings (SSSR count). The molecule has 7 nitrogen and oxygen atoms in total. The fourth-order valence-electron chi connectivity index (χ4n) is 3.22. The predicted molar refractivity (Wildman–Crippen MR) is 122 cm³/mol. The number of carbonyl (C=O) groups excluding carboxylic acids is 2. The van der Waals surface area contributed by atoms with Crippen LogP contribution in [0.15, 0.2) is 53.0 Å². The lowest BCUT2D eigenvalue weighted by Crippen LogP contribution is -2.41. The van der Waals surface area contributed by atoms with Gasteiger partial charge in [0.2, 0.25) is 11.8 Å². The molecule has 1 aliphatic rings. The van der Waals surface area contributed by atoms with Crippen LogP contribution in [0.25, 0.3) is 5.69 Å². The largest absolute Gasteiger partial charge is 0.350 e. The van der Waals surface area contributed by atoms with E-state index in [1.54, 1.807) is 16.2 Å². The summed E-state index contributed by atoms with van der Waals surface area (Å²) < 4.78 is 2.06. The molecule has 2 aromatic heterocycles. The van der Waals surface area contributed by atoms with Gasteiger partial charge in [0.1, 0.15) is 5.82 Å². The molecule has 0 aliphatic heterocycles. The van der Waals surface area contributed by atoms with Gasteiger partial charge in [-0.25, -0.2) is 0 Å². The van der Waals surface area contributed by atoms with E-state index in [9.17, 15) is 9.59 Å². The first-order valence-corrected chi connectivity index (χ1v) is 12.2. The fourth-order valence-corrected chi connectivity index (χ4v) is 4.73. The van der Waals surface area contributed by atoms with Crippen molar-refractivity contribution >= 4 is 34.9 Å². The molecular weight excluding hydrogens is 430 g/mol. The van der Waals surface area contributed by atoms with Gasteiger partial charge in [0.15, 0.2) is 5.16 Å². The third-order valence-corrected chi connectivity index (χ3v) is 6.84. The number of thiophene rings is 1. The van der Waals surface area contributed by atoms with Crippen LogP contribution in [0, 0.1) is 0 Å². The number of benzene rings is 1. The number of amides is 2. The van der Waals surface area contributed by atoms with Crippen molar-refractivity contribution in [3.05, 3.63) is 58.5 Å². The van der Waals surface area contributed by atoms with Crippen LogP contribution in [0.2, 0.25) is 0 Å². The maximum absolute atomic E-state index is 12.8. The Bertz CT molecular complexity index is 1020. The minimum Gasteiger partial charge on any atom is -0.350 e. The number of nitrogens with zero attached hydrogens (tertiary/aromatic N) is 4. The van der Waals surface area contributed by atoms with Crippen LogP contribution in [-0.4, -0.2) is 50.3 Å². The average molecular weight is 456 g/mol. The smallest absolute Gasteiger partial charge is 0.239 e. The van der Waals surface area contributed by atoms with E-state index in [0.717, 1.165) is 29.2 Å². The van der Waals surface area contributed by atoms with Crippen molar-refractivity contribution < 1.29 is 9.59 Å². The Balaban J connectivity index is 1.37. The minimum absolute atomic E-state index is 0.0555. The van der Waals surface area contributed by atoms with Crippen LogP contribution in [0.1, 0.15) is 36.4 Å². The van der Waals surface area contributed by atoms with E-state index in [0.29, 0.717) is 24.2 Å². The van der Waals surface area contributed by atoms with Gasteiger partial charge in [-0.05, 0) is 43.3 Å². The zero-order valence-corrected chi connectivity index (χ0v) is 19.0. The summed E-state index contributed by atoms with van der Waals surface area (Å²) in [5.41, 5.74) is 1.00. The van der Waals surface area contributed by atoms with E-state index in [1.165, 1.54) is 11.8 Å². The summed E-state index contributed by atoms with van der Waals surface area (Å²) in [4.78, 5) is 27.7. The molecule has 9 heteroatoms. The lowest BCUT2D eigenvalue weighted by molar-refractivity contribution is -0.133. The molecule has 31 heavy (non-hydrogen) atoms. The molecule has 0 bridgehead atoms. The third-order valence-electron chi connectivity index (χ3n) is 5.05. The Morgan fingerprint density at radius 3 is 2.68 bits per heavy atom. The second-order valence-electron chi connectivity index (χ2n) is 7.34. The molecule has 3 aromatic rings. The summed E-state index contributed by atoms with van der Waals surface area (Å²) >= 11 is 2.96. The molecule has 1 fully saturated rings. The van der Waals surface area contributed by atoms with Crippen molar-refractivity contribution in [2.24, 2.45) is 0 Å². The maximum atomic E-state index is 12.8. The molecule has 1 saturated carbocycles. The predicted octanol–water partition coefficient (Wildman–Crippen LogP) is 3.46.